The lowest BCUT2D eigenvalue weighted by molar-refractivity contribution is 0.980. The molecule has 4 aromatic rings. The molecule has 0 spiro atoms. The summed E-state index contributed by atoms with van der Waals surface area (Å²) in [6, 6.07) is 23.8. The number of nitrogens with zero attached hydrogens (tertiary/aromatic N) is 4. The van der Waals surface area contributed by atoms with E-state index >= 15 is 0 Å². The molecule has 1 aromatic carbocycles. The van der Waals surface area contributed by atoms with E-state index in [9.17, 15) is 0 Å². The monoisotopic (exact) mass is 492 g/mol. The first-order valence-corrected chi connectivity index (χ1v) is 13.1. The first-order chi connectivity index (χ1) is 17.6. The molecule has 0 unspecified atom stereocenters. The van der Waals surface area contributed by atoms with Crippen molar-refractivity contribution in [2.45, 2.75) is 83.1 Å². The Labute approximate surface area is 223 Å². The van der Waals surface area contributed by atoms with Crippen LogP contribution >= 0.6 is 0 Å². The molecule has 0 atom stereocenters. The second-order valence-electron chi connectivity index (χ2n) is 6.02. The zero-order chi connectivity index (χ0) is 28.5. The molecule has 200 valence electrons. The predicted molar refractivity (Wildman–Crippen MR) is 161 cm³/mol. The highest BCUT2D eigenvalue weighted by molar-refractivity contribution is 5.11. The topological polar surface area (TPSA) is 51.6 Å². The van der Waals surface area contributed by atoms with Gasteiger partial charge in [-0.15, -0.1) is 0 Å². The Morgan fingerprint density at radius 1 is 0.444 bits per heavy atom. The third-order valence-corrected chi connectivity index (χ3v) is 3.27. The lowest BCUT2D eigenvalue weighted by Gasteiger charge is -1.82. The molecule has 0 radical (unpaired) electrons. The van der Waals surface area contributed by atoms with Gasteiger partial charge in [0.2, 0.25) is 0 Å². The normalized spacial score (nSPS) is 7.44. The second-order valence-corrected chi connectivity index (χ2v) is 6.02. The predicted octanol–water partition coefficient (Wildman–Crippen LogP) is 9.66. The van der Waals surface area contributed by atoms with Gasteiger partial charge in [-0.1, -0.05) is 103 Å². The van der Waals surface area contributed by atoms with Crippen molar-refractivity contribution in [3.8, 4) is 0 Å². The van der Waals surface area contributed by atoms with E-state index in [4.69, 9.17) is 0 Å². The van der Waals surface area contributed by atoms with Crippen molar-refractivity contribution in [3.05, 3.63) is 120 Å². The standard InChI is InChI=1S/C7H8.2C6H7N.C5H6N2.4C2H6/c1-7-5-3-2-4-6-7;1-6-3-2-4-7-5-6;1-6-4-2-3-5-7-6;1-5-3-2-4-6-7-5;4*1-2/h2-6H,1H3;2*2-5H,1H3;2-4H,1H3;4*1-2H3. The van der Waals surface area contributed by atoms with E-state index in [0.29, 0.717) is 0 Å². The third kappa shape index (κ3) is 32.8. The van der Waals surface area contributed by atoms with E-state index in [1.54, 1.807) is 18.6 Å². The van der Waals surface area contributed by atoms with Gasteiger partial charge in [-0.05, 0) is 63.6 Å². The Morgan fingerprint density at radius 3 is 1.17 bits per heavy atom. The number of rotatable bonds is 0. The molecule has 4 rings (SSSR count). The lowest BCUT2D eigenvalue weighted by atomic mass is 10.2. The average Bonchev–Trinajstić information content (AvgIpc) is 2.96. The first-order valence-electron chi connectivity index (χ1n) is 13.1. The number of hydrogen-bond donors (Lipinski definition) is 0. The molecule has 0 bridgehead atoms. The minimum Gasteiger partial charge on any atom is -0.264 e. The largest absolute Gasteiger partial charge is 0.264 e. The number of pyridine rings is 2. The molecule has 0 saturated heterocycles. The lowest BCUT2D eigenvalue weighted by Crippen LogP contribution is -1.79. The van der Waals surface area contributed by atoms with Crippen LogP contribution < -0.4 is 0 Å². The van der Waals surface area contributed by atoms with Crippen molar-refractivity contribution in [1.29, 1.82) is 0 Å². The highest BCUT2D eigenvalue weighted by Gasteiger charge is 1.75. The van der Waals surface area contributed by atoms with Crippen LogP contribution in [0.3, 0.4) is 0 Å². The van der Waals surface area contributed by atoms with Crippen LogP contribution in [0, 0.1) is 27.7 Å². The van der Waals surface area contributed by atoms with E-state index in [1.165, 1.54) is 11.1 Å². The van der Waals surface area contributed by atoms with Gasteiger partial charge in [0.05, 0.1) is 5.69 Å². The summed E-state index contributed by atoms with van der Waals surface area (Å²) in [5, 5.41) is 7.36. The van der Waals surface area contributed by atoms with E-state index in [0.717, 1.165) is 11.4 Å². The zero-order valence-corrected chi connectivity index (χ0v) is 25.0. The van der Waals surface area contributed by atoms with Gasteiger partial charge in [-0.2, -0.15) is 10.2 Å². The van der Waals surface area contributed by atoms with Gasteiger partial charge in [0.1, 0.15) is 0 Å². The summed E-state index contributed by atoms with van der Waals surface area (Å²) in [6.45, 7) is 24.0. The van der Waals surface area contributed by atoms with Crippen LogP contribution in [0.4, 0.5) is 0 Å². The molecule has 0 aliphatic carbocycles. The quantitative estimate of drug-likeness (QED) is 0.245. The minimum absolute atomic E-state index is 0.961. The molecule has 4 nitrogen and oxygen atoms in total. The maximum Gasteiger partial charge on any atom is 0.0600 e. The Morgan fingerprint density at radius 2 is 0.944 bits per heavy atom. The van der Waals surface area contributed by atoms with Gasteiger partial charge in [0.15, 0.2) is 0 Å². The zero-order valence-electron chi connectivity index (χ0n) is 25.0. The second kappa shape index (κ2) is 36.2. The molecule has 0 saturated carbocycles. The highest BCUT2D eigenvalue weighted by Crippen LogP contribution is 1.92. The van der Waals surface area contributed by atoms with Gasteiger partial charge < -0.3 is 0 Å². The maximum atomic E-state index is 3.98. The summed E-state index contributed by atoms with van der Waals surface area (Å²) >= 11 is 0. The summed E-state index contributed by atoms with van der Waals surface area (Å²) in [5.74, 6) is 0. The smallest absolute Gasteiger partial charge is 0.0600 e. The van der Waals surface area contributed by atoms with E-state index < -0.39 is 0 Å². The summed E-state index contributed by atoms with van der Waals surface area (Å²) in [5.41, 5.74) is 4.56. The molecule has 0 aliphatic rings. The number of aromatic nitrogens is 4. The minimum atomic E-state index is 0.961. The fourth-order valence-corrected chi connectivity index (χ4v) is 1.81. The van der Waals surface area contributed by atoms with Crippen molar-refractivity contribution in [2.75, 3.05) is 0 Å². The first kappa shape index (κ1) is 39.8. The Balaban J connectivity index is -0.000000173. The summed E-state index contributed by atoms with van der Waals surface area (Å²) in [4.78, 5) is 7.86. The molecule has 4 heteroatoms. The molecule has 0 N–H and O–H groups in total. The Hall–Kier alpha value is -3.40. The molecule has 0 aliphatic heterocycles. The Kier molecular flexibility index (Phi) is 40.0. The third-order valence-electron chi connectivity index (χ3n) is 3.27. The molecule has 3 aromatic heterocycles. The van der Waals surface area contributed by atoms with E-state index in [1.807, 2.05) is 143 Å². The van der Waals surface area contributed by atoms with Crippen molar-refractivity contribution >= 4 is 0 Å². The summed E-state index contributed by atoms with van der Waals surface area (Å²) in [7, 11) is 0. The Bertz CT molecular complexity index is 688. The van der Waals surface area contributed by atoms with Crippen molar-refractivity contribution < 1.29 is 0 Å². The summed E-state index contributed by atoms with van der Waals surface area (Å²) < 4.78 is 0. The van der Waals surface area contributed by atoms with Crippen LogP contribution in [0.5, 0.6) is 0 Å². The summed E-state index contributed by atoms with van der Waals surface area (Å²) in [6.07, 6.45) is 7.05. The van der Waals surface area contributed by atoms with Gasteiger partial charge in [-0.25, -0.2) is 0 Å². The fraction of sp³-hybridized carbons (Fsp3) is 0.375. The molecule has 0 amide bonds. The van der Waals surface area contributed by atoms with Gasteiger partial charge in [-0.3, -0.25) is 9.97 Å². The number of hydrogen-bond acceptors (Lipinski definition) is 4. The van der Waals surface area contributed by atoms with E-state index in [2.05, 4.69) is 39.2 Å². The molecular formula is C32H52N4. The maximum absolute atomic E-state index is 3.98. The van der Waals surface area contributed by atoms with Crippen LogP contribution in [0.1, 0.15) is 77.9 Å². The van der Waals surface area contributed by atoms with Crippen LogP contribution in [-0.2, 0) is 0 Å². The number of aryl methyl sites for hydroxylation is 4. The van der Waals surface area contributed by atoms with Crippen LogP contribution in [0.25, 0.3) is 0 Å². The highest BCUT2D eigenvalue weighted by atomic mass is 15.1. The van der Waals surface area contributed by atoms with Crippen molar-refractivity contribution in [2.24, 2.45) is 0 Å². The molecular weight excluding hydrogens is 440 g/mol. The molecule has 0 fully saturated rings. The van der Waals surface area contributed by atoms with Crippen molar-refractivity contribution in [3.63, 3.8) is 0 Å². The van der Waals surface area contributed by atoms with Gasteiger partial charge >= 0.3 is 0 Å². The van der Waals surface area contributed by atoms with Crippen LogP contribution in [-0.4, -0.2) is 20.2 Å². The molecule has 36 heavy (non-hydrogen) atoms. The van der Waals surface area contributed by atoms with Crippen LogP contribution in [0.2, 0.25) is 0 Å². The van der Waals surface area contributed by atoms with Gasteiger partial charge in [0.25, 0.3) is 0 Å². The van der Waals surface area contributed by atoms with Crippen molar-refractivity contribution in [1.82, 2.24) is 20.2 Å². The SMILES string of the molecule is CC.CC.CC.CC.Cc1ccccc1.Cc1ccccn1.Cc1cccnc1.Cc1cccnn1. The van der Waals surface area contributed by atoms with Gasteiger partial charge in [0, 0.05) is 30.5 Å². The van der Waals surface area contributed by atoms with Crippen LogP contribution in [0.15, 0.2) is 97.6 Å². The molecule has 3 heterocycles. The average molecular weight is 493 g/mol. The fourth-order valence-electron chi connectivity index (χ4n) is 1.81. The van der Waals surface area contributed by atoms with E-state index in [-0.39, 0.29) is 0 Å². The number of benzene rings is 1.